The van der Waals surface area contributed by atoms with Crippen molar-refractivity contribution in [3.05, 3.63) is 29.8 Å². The zero-order valence-electron chi connectivity index (χ0n) is 12.4. The largest absolute Gasteiger partial charge is 0.496 e. The summed E-state index contributed by atoms with van der Waals surface area (Å²) < 4.78 is 5.29. The molecule has 1 amide bonds. The van der Waals surface area contributed by atoms with Crippen LogP contribution in [0.3, 0.4) is 0 Å². The highest BCUT2D eigenvalue weighted by molar-refractivity contribution is 5.82. The third-order valence-electron chi connectivity index (χ3n) is 3.18. The summed E-state index contributed by atoms with van der Waals surface area (Å²) in [6, 6.07) is 6.96. The van der Waals surface area contributed by atoms with Gasteiger partial charge in [0.05, 0.1) is 19.2 Å². The molecule has 0 aliphatic heterocycles. The van der Waals surface area contributed by atoms with Crippen molar-refractivity contribution in [2.75, 3.05) is 7.11 Å². The van der Waals surface area contributed by atoms with Gasteiger partial charge in [-0.15, -0.1) is 0 Å². The standard InChI is InChI=1S/C15H24N2O2/c1-10(11-8-6-7-9-12(11)19-5)17-14(18)13(16)15(2,3)4/h6-10,13H,16H2,1-5H3,(H,17,18)/t10-,13?/m0/s1. The van der Waals surface area contributed by atoms with E-state index in [0.717, 1.165) is 11.3 Å². The number of carbonyl (C=O) groups is 1. The van der Waals surface area contributed by atoms with Gasteiger partial charge in [-0.1, -0.05) is 39.0 Å². The minimum Gasteiger partial charge on any atom is -0.496 e. The van der Waals surface area contributed by atoms with Crippen LogP contribution in [0.2, 0.25) is 0 Å². The lowest BCUT2D eigenvalue weighted by molar-refractivity contribution is -0.125. The average molecular weight is 264 g/mol. The van der Waals surface area contributed by atoms with Gasteiger partial charge in [0.15, 0.2) is 0 Å². The Morgan fingerprint density at radius 2 is 1.89 bits per heavy atom. The van der Waals surface area contributed by atoms with Crippen LogP contribution in [0.1, 0.15) is 39.3 Å². The Labute approximate surface area is 115 Å². The summed E-state index contributed by atoms with van der Waals surface area (Å²) in [4.78, 5) is 12.1. The number of ether oxygens (including phenoxy) is 1. The molecule has 1 rings (SSSR count). The monoisotopic (exact) mass is 264 g/mol. The van der Waals surface area contributed by atoms with Gasteiger partial charge in [0, 0.05) is 5.56 Å². The Hall–Kier alpha value is -1.55. The van der Waals surface area contributed by atoms with Gasteiger partial charge in [-0.2, -0.15) is 0 Å². The molecule has 4 nitrogen and oxygen atoms in total. The summed E-state index contributed by atoms with van der Waals surface area (Å²) in [7, 11) is 1.62. The highest BCUT2D eigenvalue weighted by Gasteiger charge is 2.28. The number of rotatable bonds is 4. The number of hydrogen-bond acceptors (Lipinski definition) is 3. The van der Waals surface area contributed by atoms with Gasteiger partial charge in [-0.05, 0) is 18.4 Å². The van der Waals surface area contributed by atoms with E-state index in [0.29, 0.717) is 0 Å². The molecule has 106 valence electrons. The molecule has 0 saturated carbocycles. The molecular formula is C15H24N2O2. The first-order chi connectivity index (χ1) is 8.77. The number of methoxy groups -OCH3 is 1. The summed E-state index contributed by atoms with van der Waals surface area (Å²) in [6.45, 7) is 7.77. The highest BCUT2D eigenvalue weighted by atomic mass is 16.5. The fourth-order valence-electron chi connectivity index (χ4n) is 1.80. The lowest BCUT2D eigenvalue weighted by Crippen LogP contribution is -2.49. The maximum Gasteiger partial charge on any atom is 0.237 e. The number of hydrogen-bond donors (Lipinski definition) is 2. The lowest BCUT2D eigenvalue weighted by Gasteiger charge is -2.27. The Bertz CT molecular complexity index is 438. The first-order valence-electron chi connectivity index (χ1n) is 6.46. The predicted octanol–water partition coefficient (Wildman–Crippen LogP) is 2.25. The highest BCUT2D eigenvalue weighted by Crippen LogP contribution is 2.25. The van der Waals surface area contributed by atoms with Gasteiger partial charge >= 0.3 is 0 Å². The van der Waals surface area contributed by atoms with Crippen molar-refractivity contribution in [3.8, 4) is 5.75 Å². The molecule has 3 N–H and O–H groups in total. The van der Waals surface area contributed by atoms with Crippen LogP contribution >= 0.6 is 0 Å². The molecule has 0 bridgehead atoms. The van der Waals surface area contributed by atoms with Crippen LogP contribution in [0.5, 0.6) is 5.75 Å². The quantitative estimate of drug-likeness (QED) is 0.876. The van der Waals surface area contributed by atoms with Crippen LogP contribution in [0.4, 0.5) is 0 Å². The summed E-state index contributed by atoms with van der Waals surface area (Å²) in [5, 5.41) is 2.93. The summed E-state index contributed by atoms with van der Waals surface area (Å²) in [5.41, 5.74) is 6.63. The maximum atomic E-state index is 12.1. The molecule has 0 radical (unpaired) electrons. The number of benzene rings is 1. The summed E-state index contributed by atoms with van der Waals surface area (Å²) in [5.74, 6) is 0.616. The van der Waals surface area contributed by atoms with E-state index in [2.05, 4.69) is 5.32 Å². The van der Waals surface area contributed by atoms with Crippen molar-refractivity contribution >= 4 is 5.91 Å². The molecule has 0 heterocycles. The Morgan fingerprint density at radius 1 is 1.32 bits per heavy atom. The number of nitrogens with one attached hydrogen (secondary N) is 1. The van der Waals surface area contributed by atoms with Crippen molar-refractivity contribution in [2.45, 2.75) is 39.8 Å². The van der Waals surface area contributed by atoms with E-state index in [9.17, 15) is 4.79 Å². The maximum absolute atomic E-state index is 12.1. The van der Waals surface area contributed by atoms with E-state index < -0.39 is 6.04 Å². The Morgan fingerprint density at radius 3 is 2.42 bits per heavy atom. The molecule has 0 aliphatic carbocycles. The van der Waals surface area contributed by atoms with Gasteiger partial charge in [-0.25, -0.2) is 0 Å². The third-order valence-corrected chi connectivity index (χ3v) is 3.18. The molecule has 4 heteroatoms. The van der Waals surface area contributed by atoms with Crippen LogP contribution in [-0.4, -0.2) is 19.1 Å². The van der Waals surface area contributed by atoms with E-state index in [-0.39, 0.29) is 17.4 Å². The van der Waals surface area contributed by atoms with Gasteiger partial charge in [-0.3, -0.25) is 4.79 Å². The normalized spacial score (nSPS) is 14.6. The van der Waals surface area contributed by atoms with Crippen molar-refractivity contribution in [2.24, 2.45) is 11.1 Å². The van der Waals surface area contributed by atoms with Crippen LogP contribution in [0.15, 0.2) is 24.3 Å². The van der Waals surface area contributed by atoms with E-state index >= 15 is 0 Å². The molecule has 0 saturated heterocycles. The second-order valence-electron chi connectivity index (χ2n) is 5.82. The van der Waals surface area contributed by atoms with Gasteiger partial charge in [0.25, 0.3) is 0 Å². The van der Waals surface area contributed by atoms with Gasteiger partial charge < -0.3 is 15.8 Å². The minimum atomic E-state index is -0.537. The van der Waals surface area contributed by atoms with Crippen molar-refractivity contribution in [3.63, 3.8) is 0 Å². The molecule has 1 aromatic carbocycles. The first-order valence-corrected chi connectivity index (χ1v) is 6.46. The number of amides is 1. The van der Waals surface area contributed by atoms with Gasteiger partial charge in [0.1, 0.15) is 5.75 Å². The topological polar surface area (TPSA) is 64.3 Å². The molecule has 0 aromatic heterocycles. The minimum absolute atomic E-state index is 0.142. The van der Waals surface area contributed by atoms with E-state index in [1.54, 1.807) is 7.11 Å². The lowest BCUT2D eigenvalue weighted by atomic mass is 9.86. The molecule has 19 heavy (non-hydrogen) atoms. The fraction of sp³-hybridized carbons (Fsp3) is 0.533. The van der Waals surface area contributed by atoms with Crippen molar-refractivity contribution in [1.29, 1.82) is 0 Å². The van der Waals surface area contributed by atoms with Crippen LogP contribution in [0.25, 0.3) is 0 Å². The Kier molecular flexibility index (Phi) is 4.95. The fourth-order valence-corrected chi connectivity index (χ4v) is 1.80. The van der Waals surface area contributed by atoms with Crippen molar-refractivity contribution in [1.82, 2.24) is 5.32 Å². The second-order valence-corrected chi connectivity index (χ2v) is 5.82. The molecule has 0 spiro atoms. The van der Waals surface area contributed by atoms with Crippen LogP contribution < -0.4 is 15.8 Å². The number of nitrogens with two attached hydrogens (primary N) is 1. The van der Waals surface area contributed by atoms with E-state index in [4.69, 9.17) is 10.5 Å². The molecule has 0 aliphatic rings. The molecule has 1 aromatic rings. The molecule has 1 unspecified atom stereocenters. The number of carbonyl (C=O) groups excluding carboxylic acids is 1. The van der Waals surface area contributed by atoms with Crippen LogP contribution in [-0.2, 0) is 4.79 Å². The average Bonchev–Trinajstić information content (AvgIpc) is 2.36. The first kappa shape index (κ1) is 15.5. The number of para-hydroxylation sites is 1. The zero-order chi connectivity index (χ0) is 14.6. The molecular weight excluding hydrogens is 240 g/mol. The van der Waals surface area contributed by atoms with Crippen molar-refractivity contribution < 1.29 is 9.53 Å². The summed E-state index contributed by atoms with van der Waals surface area (Å²) in [6.07, 6.45) is 0. The van der Waals surface area contributed by atoms with E-state index in [1.165, 1.54) is 0 Å². The Balaban J connectivity index is 2.80. The third kappa shape index (κ3) is 3.96. The predicted molar refractivity (Wildman–Crippen MR) is 77.0 cm³/mol. The zero-order valence-corrected chi connectivity index (χ0v) is 12.4. The SMILES string of the molecule is COc1ccccc1[C@H](C)NC(=O)C(N)C(C)(C)C. The smallest absolute Gasteiger partial charge is 0.237 e. The van der Waals surface area contributed by atoms with Crippen LogP contribution in [0, 0.1) is 5.41 Å². The molecule has 2 atom stereocenters. The van der Waals surface area contributed by atoms with Gasteiger partial charge in [0.2, 0.25) is 5.91 Å². The summed E-state index contributed by atoms with van der Waals surface area (Å²) >= 11 is 0. The second kappa shape index (κ2) is 6.06. The van der Waals surface area contributed by atoms with E-state index in [1.807, 2.05) is 52.0 Å². The molecule has 0 fully saturated rings.